The molecule has 2 unspecified atom stereocenters. The molecule has 9 nitrogen and oxygen atoms in total. The van der Waals surface area contributed by atoms with E-state index in [0.29, 0.717) is 16.6 Å². The molecule has 0 saturated heterocycles. The third-order valence-corrected chi connectivity index (χ3v) is 6.12. The van der Waals surface area contributed by atoms with Crippen molar-refractivity contribution in [1.82, 2.24) is 35.0 Å². The average molecular weight is 445 g/mol. The van der Waals surface area contributed by atoms with Crippen molar-refractivity contribution in [2.45, 2.75) is 70.7 Å². The fourth-order valence-corrected chi connectivity index (χ4v) is 4.42. The first-order valence-corrected chi connectivity index (χ1v) is 11.0. The van der Waals surface area contributed by atoms with Crippen LogP contribution in [0.4, 0.5) is 0 Å². The van der Waals surface area contributed by atoms with Crippen LogP contribution in [-0.4, -0.2) is 35.0 Å². The van der Waals surface area contributed by atoms with Gasteiger partial charge in [0.1, 0.15) is 24.4 Å². The number of tetrazole rings is 1. The zero-order chi connectivity index (χ0) is 22.1. The fourth-order valence-electron chi connectivity index (χ4n) is 4.29. The van der Waals surface area contributed by atoms with Crippen molar-refractivity contribution in [1.29, 1.82) is 0 Å². The van der Waals surface area contributed by atoms with Crippen LogP contribution in [0.25, 0.3) is 0 Å². The molecule has 0 aliphatic heterocycles. The Morgan fingerprint density at radius 2 is 1.84 bits per heavy atom. The van der Waals surface area contributed by atoms with Crippen LogP contribution >= 0.6 is 11.6 Å². The largest absolute Gasteiger partial charge is 0.466 e. The molecular weight excluding hydrogens is 416 g/mol. The van der Waals surface area contributed by atoms with Crippen molar-refractivity contribution >= 4 is 11.6 Å². The average Bonchev–Trinajstić information content (AvgIpc) is 3.41. The van der Waals surface area contributed by atoms with Crippen LogP contribution in [0.1, 0.15) is 71.0 Å². The van der Waals surface area contributed by atoms with Crippen LogP contribution in [0.5, 0.6) is 5.75 Å². The lowest BCUT2D eigenvalue weighted by Gasteiger charge is -2.39. The summed E-state index contributed by atoms with van der Waals surface area (Å²) in [7, 11) is 0. The summed E-state index contributed by atoms with van der Waals surface area (Å²) >= 11 is 6.06. The van der Waals surface area contributed by atoms with Crippen molar-refractivity contribution in [3.05, 3.63) is 47.8 Å². The van der Waals surface area contributed by atoms with Gasteiger partial charge in [-0.25, -0.2) is 14.3 Å². The van der Waals surface area contributed by atoms with E-state index in [4.69, 9.17) is 22.1 Å². The number of nitrogens with zero attached hydrogens (tertiary/aromatic N) is 7. The minimum Gasteiger partial charge on any atom is -0.466 e. The summed E-state index contributed by atoms with van der Waals surface area (Å²) in [5, 5.41) is 17.8. The Hall–Kier alpha value is -2.52. The Bertz CT molecular complexity index is 974. The Morgan fingerprint density at radius 1 is 1.13 bits per heavy atom. The fraction of sp³-hybridized carbons (Fsp3) is 0.571. The lowest BCUT2D eigenvalue weighted by atomic mass is 9.80. The number of hydrogen-bond donors (Lipinski definition) is 1. The first-order chi connectivity index (χ1) is 14.8. The number of nitrogens with two attached hydrogens (primary N) is 1. The molecule has 1 aliphatic carbocycles. The molecule has 31 heavy (non-hydrogen) atoms. The molecule has 166 valence electrons. The smallest absolute Gasteiger partial charge is 0.215 e. The minimum atomic E-state index is -0.557. The second-order valence-corrected chi connectivity index (χ2v) is 9.75. The molecule has 0 bridgehead atoms. The first kappa shape index (κ1) is 21.7. The minimum absolute atomic E-state index is 0.293. The molecule has 1 aliphatic rings. The molecular formula is C21H29ClN8O. The van der Waals surface area contributed by atoms with Gasteiger partial charge in [-0.2, -0.15) is 5.10 Å². The Balaban J connectivity index is 1.79. The highest BCUT2D eigenvalue weighted by Crippen LogP contribution is 2.43. The number of benzene rings is 1. The third kappa shape index (κ3) is 4.57. The van der Waals surface area contributed by atoms with Gasteiger partial charge in [0.15, 0.2) is 5.82 Å². The normalized spacial score (nSPS) is 18.5. The van der Waals surface area contributed by atoms with E-state index in [-0.39, 0.29) is 11.5 Å². The molecule has 2 atom stereocenters. The van der Waals surface area contributed by atoms with Crippen LogP contribution in [0.2, 0.25) is 5.02 Å². The molecule has 4 rings (SSSR count). The molecule has 2 aromatic heterocycles. The van der Waals surface area contributed by atoms with Gasteiger partial charge in [0, 0.05) is 5.02 Å². The second kappa shape index (κ2) is 8.55. The predicted molar refractivity (Wildman–Crippen MR) is 116 cm³/mol. The van der Waals surface area contributed by atoms with Crippen molar-refractivity contribution < 1.29 is 4.74 Å². The highest BCUT2D eigenvalue weighted by atomic mass is 35.5. The van der Waals surface area contributed by atoms with Gasteiger partial charge in [-0.3, -0.25) is 0 Å². The van der Waals surface area contributed by atoms with Crippen molar-refractivity contribution in [2.75, 3.05) is 0 Å². The van der Waals surface area contributed by atoms with E-state index >= 15 is 0 Å². The lowest BCUT2D eigenvalue weighted by molar-refractivity contribution is -0.00272. The molecule has 1 aromatic carbocycles. The van der Waals surface area contributed by atoms with Crippen LogP contribution in [0.3, 0.4) is 0 Å². The maximum Gasteiger partial charge on any atom is 0.215 e. The van der Waals surface area contributed by atoms with E-state index in [1.165, 1.54) is 12.7 Å². The lowest BCUT2D eigenvalue weighted by Crippen LogP contribution is -2.45. The number of ether oxygens (including phenoxy) is 1. The van der Waals surface area contributed by atoms with Crippen LogP contribution in [0.15, 0.2) is 36.9 Å². The van der Waals surface area contributed by atoms with Gasteiger partial charge in [-0.05, 0) is 52.9 Å². The SMILES string of the molecule is CC(C)(C)C(C(Oc1ccc(Cl)cc1)n1cncn1)n1nnnc1C1(N)CCCCC1. The first-order valence-electron chi connectivity index (χ1n) is 10.6. The summed E-state index contributed by atoms with van der Waals surface area (Å²) in [6.07, 6.45) is 7.61. The maximum absolute atomic E-state index is 6.84. The maximum atomic E-state index is 6.84. The quantitative estimate of drug-likeness (QED) is 0.613. The summed E-state index contributed by atoms with van der Waals surface area (Å²) in [5.74, 6) is 1.35. The van der Waals surface area contributed by atoms with E-state index < -0.39 is 11.8 Å². The summed E-state index contributed by atoms with van der Waals surface area (Å²) in [5.41, 5.74) is 5.99. The van der Waals surface area contributed by atoms with Gasteiger partial charge in [-0.1, -0.05) is 51.6 Å². The highest BCUT2D eigenvalue weighted by molar-refractivity contribution is 6.30. The zero-order valence-corrected chi connectivity index (χ0v) is 18.9. The molecule has 3 aromatic rings. The second-order valence-electron chi connectivity index (χ2n) is 9.31. The van der Waals surface area contributed by atoms with E-state index in [1.807, 2.05) is 16.8 Å². The summed E-state index contributed by atoms with van der Waals surface area (Å²) in [6.45, 7) is 6.38. The number of hydrogen-bond acceptors (Lipinski definition) is 7. The van der Waals surface area contributed by atoms with E-state index in [9.17, 15) is 0 Å². The van der Waals surface area contributed by atoms with Gasteiger partial charge < -0.3 is 10.5 Å². The van der Waals surface area contributed by atoms with Crippen molar-refractivity contribution in [2.24, 2.45) is 11.1 Å². The molecule has 0 radical (unpaired) electrons. The number of rotatable bonds is 6. The van der Waals surface area contributed by atoms with E-state index in [1.54, 1.807) is 23.1 Å². The Labute approximate surface area is 186 Å². The van der Waals surface area contributed by atoms with Gasteiger partial charge >= 0.3 is 0 Å². The Kier molecular flexibility index (Phi) is 5.98. The molecule has 2 heterocycles. The summed E-state index contributed by atoms with van der Waals surface area (Å²) < 4.78 is 9.98. The molecule has 10 heteroatoms. The van der Waals surface area contributed by atoms with Crippen LogP contribution in [0, 0.1) is 5.41 Å². The third-order valence-electron chi connectivity index (χ3n) is 5.87. The van der Waals surface area contributed by atoms with Crippen LogP contribution < -0.4 is 10.5 Å². The molecule has 1 fully saturated rings. The van der Waals surface area contributed by atoms with E-state index in [2.05, 4.69) is 46.4 Å². The summed E-state index contributed by atoms with van der Waals surface area (Å²) in [4.78, 5) is 4.14. The van der Waals surface area contributed by atoms with Gasteiger partial charge in [-0.15, -0.1) is 5.10 Å². The molecule has 0 amide bonds. The number of aromatic nitrogens is 7. The number of halogens is 1. The summed E-state index contributed by atoms with van der Waals surface area (Å²) in [6, 6.07) is 6.94. The Morgan fingerprint density at radius 3 is 2.45 bits per heavy atom. The van der Waals surface area contributed by atoms with Crippen molar-refractivity contribution in [3.8, 4) is 5.75 Å². The predicted octanol–water partition coefficient (Wildman–Crippen LogP) is 3.90. The zero-order valence-electron chi connectivity index (χ0n) is 18.1. The topological polar surface area (TPSA) is 110 Å². The standard InChI is InChI=1S/C21H29ClN8O/c1-20(2,3)17(30-19(26-27-28-30)21(23)11-5-4-6-12-21)18(29-14-24-13-25-29)31-16-9-7-15(22)8-10-16/h7-10,13-14,17-18H,4-6,11-12,23H2,1-3H3. The van der Waals surface area contributed by atoms with Crippen LogP contribution in [-0.2, 0) is 5.54 Å². The van der Waals surface area contributed by atoms with E-state index in [0.717, 1.165) is 25.7 Å². The molecule has 2 N–H and O–H groups in total. The van der Waals surface area contributed by atoms with Crippen molar-refractivity contribution in [3.63, 3.8) is 0 Å². The van der Waals surface area contributed by atoms with Gasteiger partial charge in [0.25, 0.3) is 0 Å². The molecule has 1 saturated carbocycles. The van der Waals surface area contributed by atoms with Gasteiger partial charge in [0.05, 0.1) is 5.54 Å². The van der Waals surface area contributed by atoms with Gasteiger partial charge in [0.2, 0.25) is 6.23 Å². The highest BCUT2D eigenvalue weighted by Gasteiger charge is 2.44. The molecule has 0 spiro atoms. The monoisotopic (exact) mass is 444 g/mol.